The fourth-order valence-corrected chi connectivity index (χ4v) is 5.75. The van der Waals surface area contributed by atoms with Crippen molar-refractivity contribution in [1.29, 1.82) is 0 Å². The summed E-state index contributed by atoms with van der Waals surface area (Å²) in [4.78, 5) is 28.0. The van der Waals surface area contributed by atoms with Crippen molar-refractivity contribution in [3.8, 4) is 0 Å². The second-order valence-corrected chi connectivity index (χ2v) is 12.5. The van der Waals surface area contributed by atoms with Gasteiger partial charge in [-0.25, -0.2) is 9.59 Å². The van der Waals surface area contributed by atoms with E-state index in [1.54, 1.807) is 18.7 Å². The Morgan fingerprint density at radius 1 is 0.936 bits per heavy atom. The maximum Gasteiger partial charge on any atom is 0.410 e. The van der Waals surface area contributed by atoms with Crippen LogP contribution in [0.25, 0.3) is 0 Å². The van der Waals surface area contributed by atoms with Gasteiger partial charge >= 0.3 is 12.1 Å². The van der Waals surface area contributed by atoms with Gasteiger partial charge in [0, 0.05) is 26.1 Å². The summed E-state index contributed by atoms with van der Waals surface area (Å²) in [5.41, 5.74) is 1.93. The van der Waals surface area contributed by atoms with Gasteiger partial charge in [-0.3, -0.25) is 0 Å². The highest BCUT2D eigenvalue weighted by Gasteiger charge is 2.57. The maximum absolute atomic E-state index is 13.2. The molecular formula is C36H51NO10. The summed E-state index contributed by atoms with van der Waals surface area (Å²) in [6, 6.07) is 19.4. The summed E-state index contributed by atoms with van der Waals surface area (Å²) in [7, 11) is 1.28. The van der Waals surface area contributed by atoms with Crippen LogP contribution in [0.1, 0.15) is 70.4 Å². The molecule has 0 saturated carbocycles. The fourth-order valence-electron chi connectivity index (χ4n) is 5.75. The van der Waals surface area contributed by atoms with Crippen molar-refractivity contribution in [2.24, 2.45) is 0 Å². The Labute approximate surface area is 278 Å². The molecule has 1 unspecified atom stereocenters. The number of amides is 1. The molecule has 1 N–H and O–H groups in total. The Bertz CT molecular complexity index is 1230. The maximum atomic E-state index is 13.2. The molecule has 5 atom stereocenters. The van der Waals surface area contributed by atoms with E-state index in [-0.39, 0.29) is 32.3 Å². The average molecular weight is 658 g/mol. The van der Waals surface area contributed by atoms with E-state index in [1.165, 1.54) is 7.11 Å². The molecule has 0 radical (unpaired) electrons. The molecule has 2 saturated heterocycles. The van der Waals surface area contributed by atoms with Crippen LogP contribution in [0.4, 0.5) is 4.79 Å². The van der Waals surface area contributed by atoms with Gasteiger partial charge in [0.2, 0.25) is 0 Å². The number of aliphatic hydroxyl groups excluding tert-OH is 1. The third-order valence-corrected chi connectivity index (χ3v) is 8.32. The molecule has 0 aromatic heterocycles. The SMILES string of the molecule is CCCCO[C@@H]1C[C@](OCCCCCN(Cc2ccccc2)C(=O)OCc2ccccc2)(C(=O)OC)OC([C@H]2COC(C)(C)O2)[C@@H]1O. The molecule has 2 heterocycles. The van der Waals surface area contributed by atoms with Gasteiger partial charge in [0.05, 0.1) is 26.4 Å². The molecule has 11 nitrogen and oxygen atoms in total. The summed E-state index contributed by atoms with van der Waals surface area (Å²) in [6.45, 7) is 7.51. The molecule has 1 amide bonds. The Morgan fingerprint density at radius 3 is 2.28 bits per heavy atom. The monoisotopic (exact) mass is 657 g/mol. The Morgan fingerprint density at radius 2 is 1.64 bits per heavy atom. The van der Waals surface area contributed by atoms with Gasteiger partial charge in [-0.05, 0) is 50.7 Å². The van der Waals surface area contributed by atoms with Crippen LogP contribution in [-0.2, 0) is 51.1 Å². The number of hydrogen-bond donors (Lipinski definition) is 1. The minimum atomic E-state index is -1.79. The predicted molar refractivity (Wildman–Crippen MR) is 173 cm³/mol. The lowest BCUT2D eigenvalue weighted by Gasteiger charge is -2.46. The number of hydrogen-bond acceptors (Lipinski definition) is 10. The summed E-state index contributed by atoms with van der Waals surface area (Å²) < 4.78 is 41.0. The fraction of sp³-hybridized carbons (Fsp3) is 0.611. The summed E-state index contributed by atoms with van der Waals surface area (Å²) in [5.74, 6) is -3.35. The number of carbonyl (C=O) groups is 2. The normalized spacial score (nSPS) is 25.3. The minimum absolute atomic E-state index is 0.0316. The van der Waals surface area contributed by atoms with E-state index in [9.17, 15) is 14.7 Å². The minimum Gasteiger partial charge on any atom is -0.465 e. The first-order valence-corrected chi connectivity index (χ1v) is 16.7. The third kappa shape index (κ3) is 10.7. The lowest BCUT2D eigenvalue weighted by atomic mass is 9.92. The van der Waals surface area contributed by atoms with E-state index in [4.69, 9.17) is 33.2 Å². The number of aliphatic hydroxyl groups is 1. The van der Waals surface area contributed by atoms with Gasteiger partial charge < -0.3 is 43.2 Å². The highest BCUT2D eigenvalue weighted by molar-refractivity contribution is 5.78. The smallest absolute Gasteiger partial charge is 0.410 e. The average Bonchev–Trinajstić information content (AvgIpc) is 3.45. The summed E-state index contributed by atoms with van der Waals surface area (Å²) >= 11 is 0. The van der Waals surface area contributed by atoms with E-state index in [0.29, 0.717) is 39.0 Å². The van der Waals surface area contributed by atoms with E-state index >= 15 is 0 Å². The molecule has 47 heavy (non-hydrogen) atoms. The molecule has 260 valence electrons. The second kappa shape index (κ2) is 17.9. The lowest BCUT2D eigenvalue weighted by Crippen LogP contribution is -2.63. The van der Waals surface area contributed by atoms with Crippen LogP contribution in [-0.4, -0.2) is 91.5 Å². The van der Waals surface area contributed by atoms with E-state index < -0.39 is 42.0 Å². The highest BCUT2D eigenvalue weighted by atomic mass is 16.8. The van der Waals surface area contributed by atoms with Crippen LogP contribution < -0.4 is 0 Å². The van der Waals surface area contributed by atoms with Gasteiger partial charge in [-0.2, -0.15) is 0 Å². The predicted octanol–water partition coefficient (Wildman–Crippen LogP) is 5.37. The highest BCUT2D eigenvalue weighted by Crippen LogP contribution is 2.38. The van der Waals surface area contributed by atoms with Gasteiger partial charge in [0.1, 0.15) is 24.9 Å². The van der Waals surface area contributed by atoms with Gasteiger partial charge in [0.25, 0.3) is 5.79 Å². The van der Waals surface area contributed by atoms with Crippen molar-refractivity contribution in [1.82, 2.24) is 4.90 Å². The second-order valence-electron chi connectivity index (χ2n) is 12.5. The molecule has 0 spiro atoms. The molecule has 2 aliphatic rings. The van der Waals surface area contributed by atoms with E-state index in [2.05, 4.69) is 6.92 Å². The Hall–Kier alpha value is -3.06. The molecule has 0 bridgehead atoms. The van der Waals surface area contributed by atoms with Crippen LogP contribution >= 0.6 is 0 Å². The van der Waals surface area contributed by atoms with Crippen molar-refractivity contribution in [2.45, 2.75) is 108 Å². The first-order valence-electron chi connectivity index (χ1n) is 16.7. The van der Waals surface area contributed by atoms with Crippen LogP contribution in [0.5, 0.6) is 0 Å². The lowest BCUT2D eigenvalue weighted by molar-refractivity contribution is -0.329. The van der Waals surface area contributed by atoms with E-state index in [0.717, 1.165) is 24.0 Å². The Kier molecular flexibility index (Phi) is 14.0. The first-order chi connectivity index (χ1) is 22.7. The molecule has 2 fully saturated rings. The molecule has 4 rings (SSSR count). The van der Waals surface area contributed by atoms with Crippen molar-refractivity contribution in [3.05, 3.63) is 71.8 Å². The zero-order valence-corrected chi connectivity index (χ0v) is 28.1. The van der Waals surface area contributed by atoms with Crippen LogP contribution in [0.15, 0.2) is 60.7 Å². The number of unbranched alkanes of at least 4 members (excludes halogenated alkanes) is 3. The molecule has 0 aliphatic carbocycles. The first kappa shape index (κ1) is 36.8. The number of ether oxygens (including phenoxy) is 7. The number of carbonyl (C=O) groups excluding carboxylic acids is 2. The zero-order chi connectivity index (χ0) is 33.7. The van der Waals surface area contributed by atoms with E-state index in [1.807, 2.05) is 60.7 Å². The van der Waals surface area contributed by atoms with Crippen molar-refractivity contribution in [2.75, 3.05) is 33.5 Å². The van der Waals surface area contributed by atoms with Crippen molar-refractivity contribution in [3.63, 3.8) is 0 Å². The van der Waals surface area contributed by atoms with Gasteiger partial charge in [-0.15, -0.1) is 0 Å². The number of esters is 1. The van der Waals surface area contributed by atoms with Crippen LogP contribution in [0.3, 0.4) is 0 Å². The summed E-state index contributed by atoms with van der Waals surface area (Å²) in [6.07, 6.45) is -0.0729. The number of rotatable bonds is 17. The quantitative estimate of drug-likeness (QED) is 0.176. The molecule has 2 aliphatic heterocycles. The number of benzene rings is 2. The number of methoxy groups -OCH3 is 1. The standard InChI is InChI=1S/C36H51NO10/c1-5-6-21-42-29-23-36(33(39)41-4,47-32(31(29)38)30-26-45-35(2,3)46-30)44-22-15-9-14-20-37(24-27-16-10-7-11-17-27)34(40)43-25-28-18-12-8-13-19-28/h7-8,10-13,16-19,29-32,38H,5-6,9,14-15,20-26H2,1-4H3/t29-,30-,31-,32?,36-/m1/s1. The van der Waals surface area contributed by atoms with Crippen molar-refractivity contribution >= 4 is 12.1 Å². The van der Waals surface area contributed by atoms with Gasteiger partial charge in [-0.1, -0.05) is 74.0 Å². The van der Waals surface area contributed by atoms with Crippen molar-refractivity contribution < 1.29 is 47.9 Å². The third-order valence-electron chi connectivity index (χ3n) is 8.32. The largest absolute Gasteiger partial charge is 0.465 e. The summed E-state index contributed by atoms with van der Waals surface area (Å²) in [5, 5.41) is 11.3. The molecule has 2 aromatic carbocycles. The van der Waals surface area contributed by atoms with Crippen LogP contribution in [0.2, 0.25) is 0 Å². The number of nitrogens with zero attached hydrogens (tertiary/aromatic N) is 1. The zero-order valence-electron chi connectivity index (χ0n) is 28.1. The molecular weight excluding hydrogens is 606 g/mol. The topological polar surface area (TPSA) is 122 Å². The Balaban J connectivity index is 1.35. The molecule has 11 heteroatoms. The van der Waals surface area contributed by atoms with Gasteiger partial charge in [0.15, 0.2) is 5.79 Å². The van der Waals surface area contributed by atoms with Crippen LogP contribution in [0, 0.1) is 0 Å². The molecule has 2 aromatic rings.